The van der Waals surface area contributed by atoms with Crippen molar-refractivity contribution in [1.82, 2.24) is 0 Å². The SMILES string of the molecule is O=C1OCC(CC(F)(OC(F)(F)C(F)(OC(F)(F)C(F)(F)C(F)(F)F)C(F)(F)F)C(F)(F)F)O1. The van der Waals surface area contributed by atoms with Crippen molar-refractivity contribution in [3.8, 4) is 0 Å². The Morgan fingerprint density at radius 2 is 1.15 bits per heavy atom. The fraction of sp³-hybridized carbons (Fsp3) is 0.917. The number of alkyl halides is 17. The highest BCUT2D eigenvalue weighted by Gasteiger charge is 2.85. The van der Waals surface area contributed by atoms with Gasteiger partial charge in [0.15, 0.2) is 0 Å². The number of carbonyl (C=O) groups excluding carboxylic acids is 1. The molecule has 0 amide bonds. The predicted molar refractivity (Wildman–Crippen MR) is 63.7 cm³/mol. The number of cyclic esters (lactones) is 2. The van der Waals surface area contributed by atoms with Crippen LogP contribution < -0.4 is 0 Å². The van der Waals surface area contributed by atoms with Crippen LogP contribution in [-0.2, 0) is 18.9 Å². The molecule has 1 heterocycles. The molecule has 0 bridgehead atoms. The van der Waals surface area contributed by atoms with Gasteiger partial charge in [0.25, 0.3) is 0 Å². The zero-order chi connectivity index (χ0) is 27.4. The van der Waals surface area contributed by atoms with Gasteiger partial charge in [-0.2, -0.15) is 70.2 Å². The summed E-state index contributed by atoms with van der Waals surface area (Å²) in [5, 5.41) is 0. The lowest BCUT2D eigenvalue weighted by Crippen LogP contribution is -2.67. The third-order valence-corrected chi connectivity index (χ3v) is 3.58. The second-order valence-electron chi connectivity index (χ2n) is 6.13. The minimum atomic E-state index is -7.95. The summed E-state index contributed by atoms with van der Waals surface area (Å²) < 4.78 is 231. The standard InChI is InChI=1S/C12H5F17O5/c13-5(8(17,18)19,1-3-2-31-4(30)32-3)33-12(28,29)7(16,10(23,24)25)34-11(26,27)6(14,15)9(20,21)22/h3H,1-2H2. The molecule has 1 aliphatic heterocycles. The summed E-state index contributed by atoms with van der Waals surface area (Å²) in [5.41, 5.74) is 0. The van der Waals surface area contributed by atoms with Gasteiger partial charge < -0.3 is 9.47 Å². The molecule has 34 heavy (non-hydrogen) atoms. The van der Waals surface area contributed by atoms with Crippen molar-refractivity contribution in [3.05, 3.63) is 0 Å². The molecule has 0 aromatic heterocycles. The molecule has 202 valence electrons. The molecule has 1 aliphatic rings. The van der Waals surface area contributed by atoms with E-state index in [0.717, 1.165) is 0 Å². The van der Waals surface area contributed by atoms with E-state index in [1.807, 2.05) is 0 Å². The van der Waals surface area contributed by atoms with Crippen molar-refractivity contribution >= 4 is 6.16 Å². The lowest BCUT2D eigenvalue weighted by molar-refractivity contribution is -0.552. The van der Waals surface area contributed by atoms with Crippen molar-refractivity contribution in [2.24, 2.45) is 0 Å². The van der Waals surface area contributed by atoms with Crippen molar-refractivity contribution in [1.29, 1.82) is 0 Å². The van der Waals surface area contributed by atoms with Gasteiger partial charge in [0, 0.05) is 0 Å². The Labute approximate surface area is 173 Å². The van der Waals surface area contributed by atoms with Gasteiger partial charge in [-0.3, -0.25) is 9.47 Å². The molecule has 0 aliphatic carbocycles. The average molecular weight is 552 g/mol. The van der Waals surface area contributed by atoms with Crippen LogP contribution in [0, 0.1) is 0 Å². The Bertz CT molecular complexity index is 757. The van der Waals surface area contributed by atoms with Gasteiger partial charge >= 0.3 is 54.5 Å². The Kier molecular flexibility index (Phi) is 7.33. The van der Waals surface area contributed by atoms with E-state index >= 15 is 0 Å². The van der Waals surface area contributed by atoms with Gasteiger partial charge in [-0.05, 0) is 0 Å². The highest BCUT2D eigenvalue weighted by Crippen LogP contribution is 2.57. The summed E-state index contributed by atoms with van der Waals surface area (Å²) in [6, 6.07) is 0. The molecule has 0 spiro atoms. The van der Waals surface area contributed by atoms with Gasteiger partial charge in [0.2, 0.25) is 0 Å². The van der Waals surface area contributed by atoms with Gasteiger partial charge in [0.1, 0.15) is 12.7 Å². The van der Waals surface area contributed by atoms with Crippen molar-refractivity contribution < 1.29 is 98.4 Å². The summed E-state index contributed by atoms with van der Waals surface area (Å²) >= 11 is 0. The predicted octanol–water partition coefficient (Wildman–Crippen LogP) is 5.78. The molecule has 5 nitrogen and oxygen atoms in total. The first-order valence-corrected chi connectivity index (χ1v) is 7.59. The van der Waals surface area contributed by atoms with Crippen molar-refractivity contribution in [2.45, 2.75) is 60.9 Å². The fourth-order valence-electron chi connectivity index (χ4n) is 1.93. The molecule has 0 saturated carbocycles. The maximum absolute atomic E-state index is 14.2. The Balaban J connectivity index is 3.51. The minimum absolute atomic E-state index is 1.38. The summed E-state index contributed by atoms with van der Waals surface area (Å²) in [6.45, 7) is -1.39. The number of halogens is 17. The van der Waals surface area contributed by atoms with E-state index in [2.05, 4.69) is 14.2 Å². The first kappa shape index (κ1) is 30.0. The first-order chi connectivity index (χ1) is 14.6. The monoisotopic (exact) mass is 552 g/mol. The van der Waals surface area contributed by atoms with Gasteiger partial charge in [-0.25, -0.2) is 9.18 Å². The van der Waals surface area contributed by atoms with Crippen LogP contribution in [0.1, 0.15) is 6.42 Å². The molecule has 0 aromatic rings. The molecular weight excluding hydrogens is 547 g/mol. The van der Waals surface area contributed by atoms with Gasteiger partial charge in [-0.1, -0.05) is 0 Å². The van der Waals surface area contributed by atoms with Gasteiger partial charge in [0.05, 0.1) is 6.42 Å². The first-order valence-electron chi connectivity index (χ1n) is 7.59. The molecule has 3 atom stereocenters. The molecular formula is C12H5F17O5. The Morgan fingerprint density at radius 3 is 1.47 bits per heavy atom. The molecule has 1 fully saturated rings. The van der Waals surface area contributed by atoms with E-state index in [4.69, 9.17) is 0 Å². The zero-order valence-electron chi connectivity index (χ0n) is 15.0. The highest BCUT2D eigenvalue weighted by atomic mass is 19.4. The smallest absolute Gasteiger partial charge is 0.430 e. The van der Waals surface area contributed by atoms with Crippen LogP contribution in [0.4, 0.5) is 79.4 Å². The van der Waals surface area contributed by atoms with Crippen LogP contribution >= 0.6 is 0 Å². The third-order valence-electron chi connectivity index (χ3n) is 3.58. The largest absolute Gasteiger partial charge is 0.508 e. The highest BCUT2D eigenvalue weighted by molar-refractivity contribution is 5.61. The van der Waals surface area contributed by atoms with E-state index in [1.54, 1.807) is 0 Å². The summed E-state index contributed by atoms with van der Waals surface area (Å²) in [5.74, 6) is -22.0. The molecule has 0 radical (unpaired) electrons. The van der Waals surface area contributed by atoms with Crippen LogP contribution in [0.5, 0.6) is 0 Å². The topological polar surface area (TPSA) is 54.0 Å². The molecule has 0 N–H and O–H groups in total. The average Bonchev–Trinajstić information content (AvgIpc) is 2.94. The molecule has 3 unspecified atom stereocenters. The maximum atomic E-state index is 14.2. The molecule has 1 rings (SSSR count). The number of hydrogen-bond donors (Lipinski definition) is 0. The minimum Gasteiger partial charge on any atom is -0.430 e. The summed E-state index contributed by atoms with van der Waals surface area (Å²) in [6.07, 6.45) is -45.2. The second-order valence-corrected chi connectivity index (χ2v) is 6.13. The number of rotatable bonds is 8. The Morgan fingerprint density at radius 1 is 0.676 bits per heavy atom. The van der Waals surface area contributed by atoms with E-state index < -0.39 is 73.7 Å². The number of hydrogen-bond acceptors (Lipinski definition) is 5. The van der Waals surface area contributed by atoms with Crippen LogP contribution in [0.3, 0.4) is 0 Å². The Hall–Kier alpha value is -2.00. The van der Waals surface area contributed by atoms with Crippen molar-refractivity contribution in [3.63, 3.8) is 0 Å². The number of carbonyl (C=O) groups is 1. The molecule has 22 heteroatoms. The van der Waals surface area contributed by atoms with Crippen molar-refractivity contribution in [2.75, 3.05) is 6.61 Å². The quantitative estimate of drug-likeness (QED) is 0.282. The lowest BCUT2D eigenvalue weighted by Gasteiger charge is -2.40. The van der Waals surface area contributed by atoms with Gasteiger partial charge in [-0.15, -0.1) is 0 Å². The number of ether oxygens (including phenoxy) is 4. The van der Waals surface area contributed by atoms with Crippen LogP contribution in [0.15, 0.2) is 0 Å². The molecule has 0 aromatic carbocycles. The van der Waals surface area contributed by atoms with E-state index in [9.17, 15) is 79.4 Å². The normalized spacial score (nSPS) is 22.6. The third kappa shape index (κ3) is 5.30. The van der Waals surface area contributed by atoms with E-state index in [0.29, 0.717) is 0 Å². The van der Waals surface area contributed by atoms with E-state index in [1.165, 1.54) is 4.74 Å². The van der Waals surface area contributed by atoms with Crippen LogP contribution in [0.2, 0.25) is 0 Å². The molecule has 1 saturated heterocycles. The zero-order valence-corrected chi connectivity index (χ0v) is 15.0. The van der Waals surface area contributed by atoms with E-state index in [-0.39, 0.29) is 0 Å². The second kappa shape index (κ2) is 8.29. The van der Waals surface area contributed by atoms with Crippen LogP contribution in [-0.4, -0.2) is 67.2 Å². The fourth-order valence-corrected chi connectivity index (χ4v) is 1.93. The van der Waals surface area contributed by atoms with Crippen LogP contribution in [0.25, 0.3) is 0 Å². The maximum Gasteiger partial charge on any atom is 0.508 e. The lowest BCUT2D eigenvalue weighted by atomic mass is 10.1. The summed E-state index contributed by atoms with van der Waals surface area (Å²) in [7, 11) is 0. The summed E-state index contributed by atoms with van der Waals surface area (Å²) in [4.78, 5) is 10.6.